The number of carbonyl (C=O) groups is 2. The Bertz CT molecular complexity index is 449. The van der Waals surface area contributed by atoms with Crippen molar-refractivity contribution in [2.45, 2.75) is 12.8 Å². The summed E-state index contributed by atoms with van der Waals surface area (Å²) in [5.41, 5.74) is 0.583. The Morgan fingerprint density at radius 3 is 2.38 bits per heavy atom. The number of ether oxygens (including phenoxy) is 1. The van der Waals surface area contributed by atoms with E-state index in [4.69, 9.17) is 0 Å². The second-order valence-electron chi connectivity index (χ2n) is 5.01. The number of carbonyl (C=O) groups excluding carboxylic acids is 2. The lowest BCUT2D eigenvalue weighted by Gasteiger charge is -2.23. The third kappa shape index (κ3) is 6.35. The fourth-order valence-electron chi connectivity index (χ4n) is 1.90. The molecule has 0 spiro atoms. The average molecular weight is 293 g/mol. The van der Waals surface area contributed by atoms with E-state index in [2.05, 4.69) is 14.6 Å². The maximum absolute atomic E-state index is 12.5. The van der Waals surface area contributed by atoms with E-state index < -0.39 is 0 Å². The molecule has 0 aromatic carbocycles. The van der Waals surface area contributed by atoms with Crippen molar-refractivity contribution in [1.29, 1.82) is 0 Å². The van der Waals surface area contributed by atoms with Gasteiger partial charge in [0.1, 0.15) is 0 Å². The van der Waals surface area contributed by atoms with Gasteiger partial charge in [-0.25, -0.2) is 0 Å². The predicted octanol–water partition coefficient (Wildman–Crippen LogP) is 1.04. The molecule has 1 aromatic heterocycles. The van der Waals surface area contributed by atoms with Crippen LogP contribution < -0.4 is 0 Å². The van der Waals surface area contributed by atoms with Gasteiger partial charge in [0.05, 0.1) is 13.5 Å². The van der Waals surface area contributed by atoms with Crippen molar-refractivity contribution in [2.24, 2.45) is 0 Å². The Kier molecular flexibility index (Phi) is 7.39. The number of esters is 1. The molecular formula is C15H23N3O3. The van der Waals surface area contributed by atoms with Gasteiger partial charge in [0, 0.05) is 31.0 Å². The summed E-state index contributed by atoms with van der Waals surface area (Å²) in [6, 6.07) is 3.36. The van der Waals surface area contributed by atoms with Crippen molar-refractivity contribution < 1.29 is 14.3 Å². The molecule has 0 N–H and O–H groups in total. The first-order valence-electron chi connectivity index (χ1n) is 6.95. The molecule has 6 nitrogen and oxygen atoms in total. The minimum Gasteiger partial charge on any atom is -0.469 e. The number of hydrogen-bond donors (Lipinski definition) is 0. The minimum absolute atomic E-state index is 0.0833. The first-order valence-corrected chi connectivity index (χ1v) is 6.95. The van der Waals surface area contributed by atoms with Gasteiger partial charge in [0.2, 0.25) is 0 Å². The van der Waals surface area contributed by atoms with Gasteiger partial charge in [-0.2, -0.15) is 0 Å². The van der Waals surface area contributed by atoms with Gasteiger partial charge in [-0.1, -0.05) is 0 Å². The van der Waals surface area contributed by atoms with E-state index in [9.17, 15) is 9.59 Å². The van der Waals surface area contributed by atoms with Crippen LogP contribution in [0.15, 0.2) is 24.5 Å². The van der Waals surface area contributed by atoms with Gasteiger partial charge in [-0.05, 0) is 39.2 Å². The summed E-state index contributed by atoms with van der Waals surface area (Å²) < 4.78 is 4.63. The highest BCUT2D eigenvalue weighted by Gasteiger charge is 2.16. The van der Waals surface area contributed by atoms with Crippen LogP contribution in [0.5, 0.6) is 0 Å². The van der Waals surface area contributed by atoms with Crippen LogP contribution in [0.1, 0.15) is 23.2 Å². The van der Waals surface area contributed by atoms with Crippen molar-refractivity contribution in [3.05, 3.63) is 30.1 Å². The first kappa shape index (κ1) is 17.1. The van der Waals surface area contributed by atoms with E-state index in [0.29, 0.717) is 18.7 Å². The number of rotatable bonds is 8. The van der Waals surface area contributed by atoms with Crippen molar-refractivity contribution in [2.75, 3.05) is 40.8 Å². The van der Waals surface area contributed by atoms with Gasteiger partial charge in [-0.15, -0.1) is 0 Å². The van der Waals surface area contributed by atoms with Crippen LogP contribution in [0.2, 0.25) is 0 Å². The summed E-state index contributed by atoms with van der Waals surface area (Å²) in [5.74, 6) is -0.393. The van der Waals surface area contributed by atoms with Crippen molar-refractivity contribution >= 4 is 11.9 Å². The molecule has 0 atom stereocenters. The van der Waals surface area contributed by atoms with Gasteiger partial charge < -0.3 is 14.5 Å². The molecule has 0 aliphatic heterocycles. The normalized spacial score (nSPS) is 10.5. The highest BCUT2D eigenvalue weighted by molar-refractivity contribution is 5.94. The molecule has 0 saturated heterocycles. The van der Waals surface area contributed by atoms with Gasteiger partial charge in [0.15, 0.2) is 0 Å². The van der Waals surface area contributed by atoms with E-state index >= 15 is 0 Å². The van der Waals surface area contributed by atoms with Crippen molar-refractivity contribution in [3.63, 3.8) is 0 Å². The lowest BCUT2D eigenvalue weighted by molar-refractivity contribution is -0.140. The molecule has 1 amide bonds. The van der Waals surface area contributed by atoms with Crippen molar-refractivity contribution in [3.8, 4) is 0 Å². The highest BCUT2D eigenvalue weighted by atomic mass is 16.5. The molecule has 116 valence electrons. The Balaban J connectivity index is 2.65. The molecule has 1 aromatic rings. The zero-order valence-corrected chi connectivity index (χ0v) is 12.9. The topological polar surface area (TPSA) is 62.7 Å². The average Bonchev–Trinajstić information content (AvgIpc) is 2.50. The molecular weight excluding hydrogens is 270 g/mol. The molecule has 0 aliphatic rings. The molecule has 0 aliphatic carbocycles. The minimum atomic E-state index is -0.310. The number of amides is 1. The van der Waals surface area contributed by atoms with Crippen LogP contribution in [0.4, 0.5) is 0 Å². The maximum Gasteiger partial charge on any atom is 0.307 e. The van der Waals surface area contributed by atoms with Crippen LogP contribution in [-0.2, 0) is 9.53 Å². The van der Waals surface area contributed by atoms with Crippen LogP contribution in [0.25, 0.3) is 0 Å². The van der Waals surface area contributed by atoms with Gasteiger partial charge in [0.25, 0.3) is 5.91 Å². The first-order chi connectivity index (χ1) is 10.0. The summed E-state index contributed by atoms with van der Waals surface area (Å²) in [6.07, 6.45) is 4.23. The van der Waals surface area contributed by atoms with Gasteiger partial charge >= 0.3 is 5.97 Å². The lowest BCUT2D eigenvalue weighted by Crippen LogP contribution is -2.35. The Labute approximate surface area is 125 Å². The summed E-state index contributed by atoms with van der Waals surface area (Å²) in [7, 11) is 5.33. The summed E-state index contributed by atoms with van der Waals surface area (Å²) in [6.45, 7) is 1.86. The third-order valence-electron chi connectivity index (χ3n) is 3.06. The molecule has 21 heavy (non-hydrogen) atoms. The second kappa shape index (κ2) is 9.07. The molecule has 1 rings (SSSR count). The monoisotopic (exact) mass is 293 g/mol. The summed E-state index contributed by atoms with van der Waals surface area (Å²) in [5, 5.41) is 0. The van der Waals surface area contributed by atoms with Crippen LogP contribution in [-0.4, -0.2) is 67.5 Å². The Morgan fingerprint density at radius 1 is 1.14 bits per heavy atom. The molecule has 0 saturated carbocycles. The Morgan fingerprint density at radius 2 is 1.81 bits per heavy atom. The van der Waals surface area contributed by atoms with E-state index in [1.54, 1.807) is 29.4 Å². The number of methoxy groups -OCH3 is 1. The number of pyridine rings is 1. The standard InChI is InChI=1S/C15H23N3O3/c1-17(2)10-4-11-18(12-7-14(19)21-3)15(20)13-5-8-16-9-6-13/h5-6,8-9H,4,7,10-12H2,1-3H3. The van der Waals surface area contributed by atoms with E-state index in [1.165, 1.54) is 7.11 Å². The van der Waals surface area contributed by atoms with E-state index in [1.807, 2.05) is 14.1 Å². The second-order valence-corrected chi connectivity index (χ2v) is 5.01. The maximum atomic E-state index is 12.5. The van der Waals surface area contributed by atoms with Crippen LogP contribution in [0, 0.1) is 0 Å². The SMILES string of the molecule is COC(=O)CCN(CCCN(C)C)C(=O)c1ccncc1. The third-order valence-corrected chi connectivity index (χ3v) is 3.06. The number of aromatic nitrogens is 1. The predicted molar refractivity (Wildman–Crippen MR) is 79.9 cm³/mol. The lowest BCUT2D eigenvalue weighted by atomic mass is 10.2. The van der Waals surface area contributed by atoms with E-state index in [0.717, 1.165) is 13.0 Å². The molecule has 1 heterocycles. The summed E-state index contributed by atoms with van der Waals surface area (Å²) >= 11 is 0. The molecule has 0 bridgehead atoms. The Hall–Kier alpha value is -1.95. The van der Waals surface area contributed by atoms with E-state index in [-0.39, 0.29) is 18.3 Å². The highest BCUT2D eigenvalue weighted by Crippen LogP contribution is 2.06. The zero-order chi connectivity index (χ0) is 15.7. The van der Waals surface area contributed by atoms with Crippen molar-refractivity contribution in [1.82, 2.24) is 14.8 Å². The van der Waals surface area contributed by atoms with Crippen LogP contribution >= 0.6 is 0 Å². The quantitative estimate of drug-likeness (QED) is 0.670. The number of nitrogens with zero attached hydrogens (tertiary/aromatic N) is 3. The summed E-state index contributed by atoms with van der Waals surface area (Å²) in [4.78, 5) is 31.4. The molecule has 0 fully saturated rings. The molecule has 6 heteroatoms. The van der Waals surface area contributed by atoms with Gasteiger partial charge in [-0.3, -0.25) is 14.6 Å². The fourth-order valence-corrected chi connectivity index (χ4v) is 1.90. The zero-order valence-electron chi connectivity index (χ0n) is 12.9. The fraction of sp³-hybridized carbons (Fsp3) is 0.533. The largest absolute Gasteiger partial charge is 0.469 e. The molecule has 0 radical (unpaired) electrons. The van der Waals surface area contributed by atoms with Crippen LogP contribution in [0.3, 0.4) is 0 Å². The smallest absolute Gasteiger partial charge is 0.307 e. The number of hydrogen-bond acceptors (Lipinski definition) is 5. The molecule has 0 unspecified atom stereocenters.